The van der Waals surface area contributed by atoms with Gasteiger partial charge in [0.25, 0.3) is 0 Å². The molecule has 3 aliphatic rings. The van der Waals surface area contributed by atoms with Gasteiger partial charge in [-0.05, 0) is 38.5 Å². The molecule has 4 rings (SSSR count). The monoisotopic (exact) mass is 334 g/mol. The molecule has 0 unspecified atom stereocenters. The summed E-state index contributed by atoms with van der Waals surface area (Å²) >= 11 is 1.56. The molecule has 1 amide bonds. The molecule has 0 atom stereocenters. The van der Waals surface area contributed by atoms with E-state index in [0.29, 0.717) is 29.7 Å². The molecule has 126 valence electrons. The first-order chi connectivity index (χ1) is 11.2. The van der Waals surface area contributed by atoms with Crippen LogP contribution >= 0.6 is 11.8 Å². The minimum absolute atomic E-state index is 0.303. The maximum atomic E-state index is 12.8. The molecule has 6 heteroatoms. The smallest absolute Gasteiger partial charge is 0.233 e. The van der Waals surface area contributed by atoms with Gasteiger partial charge in [0.1, 0.15) is 5.82 Å². The molecule has 5 nitrogen and oxygen atoms in total. The zero-order valence-electron chi connectivity index (χ0n) is 13.9. The van der Waals surface area contributed by atoms with Crippen molar-refractivity contribution in [2.75, 3.05) is 5.75 Å². The second kappa shape index (κ2) is 6.46. The molecule has 3 saturated carbocycles. The van der Waals surface area contributed by atoms with E-state index in [-0.39, 0.29) is 0 Å². The summed E-state index contributed by atoms with van der Waals surface area (Å²) in [6.45, 7) is 0. The molecule has 1 aromatic heterocycles. The maximum Gasteiger partial charge on any atom is 0.233 e. The van der Waals surface area contributed by atoms with Crippen LogP contribution in [0.5, 0.6) is 0 Å². The number of hydrogen-bond acceptors (Lipinski definition) is 4. The van der Waals surface area contributed by atoms with Gasteiger partial charge in [0.2, 0.25) is 5.91 Å². The van der Waals surface area contributed by atoms with Crippen molar-refractivity contribution in [1.82, 2.24) is 19.7 Å². The van der Waals surface area contributed by atoms with Gasteiger partial charge in [0.05, 0.1) is 5.75 Å². The van der Waals surface area contributed by atoms with Crippen LogP contribution in [0.4, 0.5) is 0 Å². The van der Waals surface area contributed by atoms with E-state index in [1.54, 1.807) is 11.8 Å². The van der Waals surface area contributed by atoms with E-state index in [1.807, 2.05) is 7.05 Å². The molecule has 3 fully saturated rings. The van der Waals surface area contributed by atoms with Crippen LogP contribution in [-0.2, 0) is 11.8 Å². The number of aromatic nitrogens is 3. The Hall–Kier alpha value is -1.04. The average molecular weight is 334 g/mol. The van der Waals surface area contributed by atoms with Gasteiger partial charge in [0, 0.05) is 25.0 Å². The summed E-state index contributed by atoms with van der Waals surface area (Å²) in [5, 5.41) is 9.56. The molecule has 1 aromatic rings. The van der Waals surface area contributed by atoms with Gasteiger partial charge in [-0.1, -0.05) is 31.0 Å². The molecule has 0 aromatic carbocycles. The lowest BCUT2D eigenvalue weighted by Gasteiger charge is -2.29. The Labute approximate surface area is 142 Å². The molecule has 0 radical (unpaired) electrons. The summed E-state index contributed by atoms with van der Waals surface area (Å²) in [4.78, 5) is 15.0. The fourth-order valence-electron chi connectivity index (χ4n) is 3.92. The van der Waals surface area contributed by atoms with Crippen LogP contribution in [-0.4, -0.2) is 43.4 Å². The highest BCUT2D eigenvalue weighted by molar-refractivity contribution is 7.99. The van der Waals surface area contributed by atoms with Crippen molar-refractivity contribution in [2.24, 2.45) is 7.05 Å². The number of carbonyl (C=O) groups is 1. The lowest BCUT2D eigenvalue weighted by Crippen LogP contribution is -2.41. The highest BCUT2D eigenvalue weighted by Gasteiger charge is 2.38. The van der Waals surface area contributed by atoms with Crippen LogP contribution in [0.15, 0.2) is 5.16 Å². The van der Waals surface area contributed by atoms with Crippen LogP contribution < -0.4 is 0 Å². The van der Waals surface area contributed by atoms with Gasteiger partial charge < -0.3 is 9.47 Å². The van der Waals surface area contributed by atoms with E-state index in [9.17, 15) is 4.79 Å². The topological polar surface area (TPSA) is 51.0 Å². The Balaban J connectivity index is 1.37. The molecule has 3 aliphatic carbocycles. The molecule has 0 N–H and O–H groups in total. The van der Waals surface area contributed by atoms with E-state index >= 15 is 0 Å². The summed E-state index contributed by atoms with van der Waals surface area (Å²) in [7, 11) is 2.04. The largest absolute Gasteiger partial charge is 0.336 e. The van der Waals surface area contributed by atoms with E-state index in [0.717, 1.165) is 11.0 Å². The number of hydrogen-bond donors (Lipinski definition) is 0. The molecule has 0 bridgehead atoms. The average Bonchev–Trinajstić information content (AvgIpc) is 3.04. The Morgan fingerprint density at radius 2 is 1.78 bits per heavy atom. The van der Waals surface area contributed by atoms with Crippen LogP contribution in [0.1, 0.15) is 69.5 Å². The Bertz CT molecular complexity index is 573. The van der Waals surface area contributed by atoms with Crippen molar-refractivity contribution in [3.8, 4) is 0 Å². The first-order valence-corrected chi connectivity index (χ1v) is 10.1. The molecular formula is C17H26N4OS. The summed E-state index contributed by atoms with van der Waals surface area (Å²) in [5.41, 5.74) is 0. The third kappa shape index (κ3) is 3.14. The second-order valence-electron chi connectivity index (χ2n) is 7.29. The lowest BCUT2D eigenvalue weighted by molar-refractivity contribution is -0.131. The van der Waals surface area contributed by atoms with Crippen LogP contribution in [0.3, 0.4) is 0 Å². The predicted molar refractivity (Wildman–Crippen MR) is 90.4 cm³/mol. The fourth-order valence-corrected chi connectivity index (χ4v) is 4.70. The van der Waals surface area contributed by atoms with E-state index < -0.39 is 0 Å². The van der Waals surface area contributed by atoms with Gasteiger partial charge in [-0.2, -0.15) is 0 Å². The Morgan fingerprint density at radius 3 is 2.39 bits per heavy atom. The molecule has 1 heterocycles. The number of amides is 1. The summed E-state index contributed by atoms with van der Waals surface area (Å²) < 4.78 is 2.10. The lowest BCUT2D eigenvalue weighted by atomic mass is 9.85. The minimum atomic E-state index is 0.303. The van der Waals surface area contributed by atoms with Crippen molar-refractivity contribution in [3.63, 3.8) is 0 Å². The zero-order valence-corrected chi connectivity index (χ0v) is 14.7. The van der Waals surface area contributed by atoms with Gasteiger partial charge >= 0.3 is 0 Å². The minimum Gasteiger partial charge on any atom is -0.336 e. The van der Waals surface area contributed by atoms with E-state index in [4.69, 9.17) is 0 Å². The number of nitrogens with zero attached hydrogens (tertiary/aromatic N) is 4. The normalized spacial score (nSPS) is 22.3. The SMILES string of the molecule is Cn1c(SCC(=O)N(C2CCCC2)C2CC2)nnc1C1CCC1. The quantitative estimate of drug-likeness (QED) is 0.750. The highest BCUT2D eigenvalue weighted by Crippen LogP contribution is 2.37. The fraction of sp³-hybridized carbons (Fsp3) is 0.824. The third-order valence-corrected chi connectivity index (χ3v) is 6.61. The predicted octanol–water partition coefficient (Wildman–Crippen LogP) is 3.11. The Kier molecular flexibility index (Phi) is 4.35. The molecule has 0 spiro atoms. The summed E-state index contributed by atoms with van der Waals surface area (Å²) in [6, 6.07) is 1.02. The van der Waals surface area contributed by atoms with Crippen LogP contribution in [0.25, 0.3) is 0 Å². The summed E-state index contributed by atoms with van der Waals surface area (Å²) in [6.07, 6.45) is 11.1. The Morgan fingerprint density at radius 1 is 1.09 bits per heavy atom. The molecule has 23 heavy (non-hydrogen) atoms. The van der Waals surface area contributed by atoms with Crippen LogP contribution in [0, 0.1) is 0 Å². The standard InChI is InChI=1S/C17H26N4OS/c1-20-16(12-5-4-6-12)18-19-17(20)23-11-15(22)21(14-9-10-14)13-7-2-3-8-13/h12-14H,2-11H2,1H3. The van der Waals surface area contributed by atoms with Crippen LogP contribution in [0.2, 0.25) is 0 Å². The van der Waals surface area contributed by atoms with Crippen molar-refractivity contribution in [3.05, 3.63) is 5.82 Å². The molecule has 0 aliphatic heterocycles. The van der Waals surface area contributed by atoms with Gasteiger partial charge in [-0.25, -0.2) is 0 Å². The van der Waals surface area contributed by atoms with Crippen molar-refractivity contribution >= 4 is 17.7 Å². The zero-order chi connectivity index (χ0) is 15.8. The number of rotatable bonds is 6. The number of carbonyl (C=O) groups excluding carboxylic acids is 1. The van der Waals surface area contributed by atoms with Crippen molar-refractivity contribution < 1.29 is 4.79 Å². The van der Waals surface area contributed by atoms with Gasteiger partial charge in [0.15, 0.2) is 5.16 Å². The molecular weight excluding hydrogens is 308 g/mol. The maximum absolute atomic E-state index is 12.8. The van der Waals surface area contributed by atoms with Gasteiger partial charge in [-0.3, -0.25) is 4.79 Å². The van der Waals surface area contributed by atoms with Gasteiger partial charge in [-0.15, -0.1) is 10.2 Å². The molecule has 0 saturated heterocycles. The third-order valence-electron chi connectivity index (χ3n) is 5.61. The highest BCUT2D eigenvalue weighted by atomic mass is 32.2. The first-order valence-electron chi connectivity index (χ1n) is 9.07. The van der Waals surface area contributed by atoms with E-state index in [2.05, 4.69) is 19.7 Å². The number of thioether (sulfide) groups is 1. The van der Waals surface area contributed by atoms with E-state index in [1.165, 1.54) is 57.8 Å². The first kappa shape index (κ1) is 15.5. The second-order valence-corrected chi connectivity index (χ2v) is 8.23. The summed E-state index contributed by atoms with van der Waals surface area (Å²) in [5.74, 6) is 2.49. The van der Waals surface area contributed by atoms with Crippen molar-refractivity contribution in [2.45, 2.75) is 80.9 Å². The van der Waals surface area contributed by atoms with Crippen molar-refractivity contribution in [1.29, 1.82) is 0 Å².